The van der Waals surface area contributed by atoms with Crippen molar-refractivity contribution < 1.29 is 17.9 Å². The molecule has 6 heteroatoms. The van der Waals surface area contributed by atoms with E-state index in [1.54, 1.807) is 6.92 Å². The Morgan fingerprint density at radius 1 is 1.47 bits per heavy atom. The Bertz CT molecular complexity index is 483. The van der Waals surface area contributed by atoms with Gasteiger partial charge in [0.15, 0.2) is 0 Å². The van der Waals surface area contributed by atoms with Crippen molar-refractivity contribution in [3.63, 3.8) is 0 Å². The van der Waals surface area contributed by atoms with Gasteiger partial charge in [-0.05, 0) is 37.1 Å². The third-order valence-electron chi connectivity index (χ3n) is 2.46. The first-order chi connectivity index (χ1) is 7.90. The van der Waals surface area contributed by atoms with Crippen molar-refractivity contribution in [3.05, 3.63) is 29.6 Å². The SMILES string of the molecule is CCC(CO)NS(=O)(=O)c1ccc(F)cc1C. The molecule has 0 heterocycles. The highest BCUT2D eigenvalue weighted by Crippen LogP contribution is 2.16. The maximum atomic E-state index is 12.9. The van der Waals surface area contributed by atoms with Crippen LogP contribution in [0.3, 0.4) is 0 Å². The molecule has 4 nitrogen and oxygen atoms in total. The molecule has 1 atom stereocenters. The molecule has 2 N–H and O–H groups in total. The second-order valence-corrected chi connectivity index (χ2v) is 5.50. The summed E-state index contributed by atoms with van der Waals surface area (Å²) in [7, 11) is -3.71. The van der Waals surface area contributed by atoms with E-state index >= 15 is 0 Å². The summed E-state index contributed by atoms with van der Waals surface area (Å²) in [6.07, 6.45) is 0.482. The average molecular weight is 261 g/mol. The van der Waals surface area contributed by atoms with Crippen molar-refractivity contribution in [2.45, 2.75) is 31.2 Å². The van der Waals surface area contributed by atoms with Gasteiger partial charge in [-0.15, -0.1) is 0 Å². The highest BCUT2D eigenvalue weighted by atomic mass is 32.2. The first-order valence-corrected chi connectivity index (χ1v) is 6.78. The molecular weight excluding hydrogens is 245 g/mol. The number of benzene rings is 1. The molecule has 0 aliphatic carbocycles. The Labute approximate surface area is 101 Å². The summed E-state index contributed by atoms with van der Waals surface area (Å²) in [5.41, 5.74) is 0.338. The van der Waals surface area contributed by atoms with Gasteiger partial charge in [-0.2, -0.15) is 0 Å². The van der Waals surface area contributed by atoms with E-state index in [2.05, 4.69) is 4.72 Å². The summed E-state index contributed by atoms with van der Waals surface area (Å²) in [6.45, 7) is 3.02. The highest BCUT2D eigenvalue weighted by molar-refractivity contribution is 7.89. The molecule has 96 valence electrons. The lowest BCUT2D eigenvalue weighted by molar-refractivity contribution is 0.254. The molecule has 0 bridgehead atoms. The fraction of sp³-hybridized carbons (Fsp3) is 0.455. The molecule has 0 aliphatic heterocycles. The maximum Gasteiger partial charge on any atom is 0.241 e. The van der Waals surface area contributed by atoms with Gasteiger partial charge in [0.2, 0.25) is 10.0 Å². The van der Waals surface area contributed by atoms with Crippen LogP contribution in [0.25, 0.3) is 0 Å². The first kappa shape index (κ1) is 14.1. The Morgan fingerprint density at radius 2 is 2.12 bits per heavy atom. The van der Waals surface area contributed by atoms with Crippen molar-refractivity contribution in [2.24, 2.45) is 0 Å². The predicted molar refractivity (Wildman–Crippen MR) is 62.6 cm³/mol. The normalized spacial score (nSPS) is 13.6. The molecular formula is C11H16FNO3S. The fourth-order valence-electron chi connectivity index (χ4n) is 1.45. The summed E-state index contributed by atoms with van der Waals surface area (Å²) >= 11 is 0. The predicted octanol–water partition coefficient (Wildman–Crippen LogP) is 1.18. The number of aliphatic hydroxyl groups is 1. The lowest BCUT2D eigenvalue weighted by atomic mass is 10.2. The summed E-state index contributed by atoms with van der Waals surface area (Å²) in [5, 5.41) is 8.96. The minimum Gasteiger partial charge on any atom is -0.395 e. The molecule has 0 spiro atoms. The molecule has 1 rings (SSSR count). The standard InChI is InChI=1S/C11H16FNO3S/c1-3-10(7-14)13-17(15,16)11-5-4-9(12)6-8(11)2/h4-6,10,13-14H,3,7H2,1-2H3. The zero-order valence-corrected chi connectivity index (χ0v) is 10.6. The number of aliphatic hydroxyl groups excluding tert-OH is 1. The molecule has 0 aromatic heterocycles. The lowest BCUT2D eigenvalue weighted by Gasteiger charge is -2.15. The zero-order chi connectivity index (χ0) is 13.1. The summed E-state index contributed by atoms with van der Waals surface area (Å²) in [5.74, 6) is -0.476. The molecule has 0 radical (unpaired) electrons. The van der Waals surface area contributed by atoms with E-state index in [0.29, 0.717) is 12.0 Å². The number of halogens is 1. The molecule has 0 saturated carbocycles. The van der Waals surface area contributed by atoms with E-state index in [0.717, 1.165) is 12.1 Å². The van der Waals surface area contributed by atoms with Crippen LogP contribution in [-0.4, -0.2) is 26.2 Å². The van der Waals surface area contributed by atoms with Crippen LogP contribution in [0.1, 0.15) is 18.9 Å². The van der Waals surface area contributed by atoms with E-state index in [-0.39, 0.29) is 11.5 Å². The molecule has 0 amide bonds. The van der Waals surface area contributed by atoms with Crippen LogP contribution >= 0.6 is 0 Å². The second kappa shape index (κ2) is 5.57. The van der Waals surface area contributed by atoms with E-state index < -0.39 is 21.9 Å². The number of nitrogens with one attached hydrogen (secondary N) is 1. The van der Waals surface area contributed by atoms with Crippen LogP contribution in [0, 0.1) is 12.7 Å². The van der Waals surface area contributed by atoms with E-state index in [1.807, 2.05) is 0 Å². The topological polar surface area (TPSA) is 66.4 Å². The van der Waals surface area contributed by atoms with Crippen molar-refractivity contribution in [3.8, 4) is 0 Å². The van der Waals surface area contributed by atoms with Gasteiger partial charge < -0.3 is 5.11 Å². The minimum absolute atomic E-state index is 0.0331. The number of sulfonamides is 1. The van der Waals surface area contributed by atoms with Gasteiger partial charge >= 0.3 is 0 Å². The molecule has 1 aromatic rings. The number of rotatable bonds is 5. The van der Waals surface area contributed by atoms with Crippen LogP contribution in [-0.2, 0) is 10.0 Å². The van der Waals surface area contributed by atoms with E-state index in [9.17, 15) is 12.8 Å². The molecule has 17 heavy (non-hydrogen) atoms. The minimum atomic E-state index is -3.71. The first-order valence-electron chi connectivity index (χ1n) is 5.30. The van der Waals surface area contributed by atoms with Gasteiger partial charge in [0.05, 0.1) is 11.5 Å². The largest absolute Gasteiger partial charge is 0.395 e. The Balaban J connectivity index is 3.05. The van der Waals surface area contributed by atoms with Gasteiger partial charge in [-0.1, -0.05) is 6.92 Å². The van der Waals surface area contributed by atoms with Gasteiger partial charge in [0.25, 0.3) is 0 Å². The fourth-order valence-corrected chi connectivity index (χ4v) is 2.98. The van der Waals surface area contributed by atoms with Crippen LogP contribution in [0.2, 0.25) is 0 Å². The average Bonchev–Trinajstić information content (AvgIpc) is 2.25. The summed E-state index contributed by atoms with van der Waals surface area (Å²) in [4.78, 5) is 0.0331. The zero-order valence-electron chi connectivity index (χ0n) is 9.77. The van der Waals surface area contributed by atoms with Crippen molar-refractivity contribution in [2.75, 3.05) is 6.61 Å². The van der Waals surface area contributed by atoms with Crippen LogP contribution in [0.15, 0.2) is 23.1 Å². The van der Waals surface area contributed by atoms with Crippen LogP contribution in [0.4, 0.5) is 4.39 Å². The monoisotopic (exact) mass is 261 g/mol. The Morgan fingerprint density at radius 3 is 2.59 bits per heavy atom. The molecule has 0 fully saturated rings. The maximum absolute atomic E-state index is 12.9. The van der Waals surface area contributed by atoms with Crippen LogP contribution in [0.5, 0.6) is 0 Å². The third-order valence-corrected chi connectivity index (χ3v) is 4.14. The van der Waals surface area contributed by atoms with Crippen molar-refractivity contribution >= 4 is 10.0 Å². The number of hydrogen-bond acceptors (Lipinski definition) is 3. The van der Waals surface area contributed by atoms with Gasteiger partial charge in [-0.3, -0.25) is 0 Å². The molecule has 0 aliphatic rings. The van der Waals surface area contributed by atoms with Crippen molar-refractivity contribution in [1.29, 1.82) is 0 Å². The summed E-state index contributed by atoms with van der Waals surface area (Å²) < 4.78 is 39.1. The van der Waals surface area contributed by atoms with Gasteiger partial charge in [0, 0.05) is 6.04 Å². The number of aryl methyl sites for hydroxylation is 1. The Kier molecular flexibility index (Phi) is 4.62. The summed E-state index contributed by atoms with van der Waals surface area (Å²) in [6, 6.07) is 2.96. The Hall–Kier alpha value is -0.980. The molecule has 1 aromatic carbocycles. The van der Waals surface area contributed by atoms with E-state index in [1.165, 1.54) is 13.0 Å². The van der Waals surface area contributed by atoms with E-state index in [4.69, 9.17) is 5.11 Å². The van der Waals surface area contributed by atoms with Crippen molar-refractivity contribution in [1.82, 2.24) is 4.72 Å². The number of hydrogen-bond donors (Lipinski definition) is 2. The molecule has 1 unspecified atom stereocenters. The third kappa shape index (κ3) is 3.49. The quantitative estimate of drug-likeness (QED) is 0.836. The van der Waals surface area contributed by atoms with Gasteiger partial charge in [0.1, 0.15) is 5.82 Å². The second-order valence-electron chi connectivity index (χ2n) is 3.82. The highest BCUT2D eigenvalue weighted by Gasteiger charge is 2.20. The van der Waals surface area contributed by atoms with Crippen LogP contribution < -0.4 is 4.72 Å². The lowest BCUT2D eigenvalue weighted by Crippen LogP contribution is -2.37. The smallest absolute Gasteiger partial charge is 0.241 e. The molecule has 0 saturated heterocycles. The van der Waals surface area contributed by atoms with Gasteiger partial charge in [-0.25, -0.2) is 17.5 Å².